The van der Waals surface area contributed by atoms with Crippen molar-refractivity contribution in [1.29, 1.82) is 0 Å². The largest absolute Gasteiger partial charge is 0.404 e. The van der Waals surface area contributed by atoms with Crippen LogP contribution in [0.2, 0.25) is 0 Å². The van der Waals surface area contributed by atoms with E-state index in [0.29, 0.717) is 0 Å². The molecule has 94 valence electrons. The second kappa shape index (κ2) is 4.52. The molecule has 1 fully saturated rings. The topological polar surface area (TPSA) is 107 Å². The molecule has 0 aromatic heterocycles. The number of amidine groups is 1. The zero-order valence-corrected chi connectivity index (χ0v) is 9.97. The van der Waals surface area contributed by atoms with Gasteiger partial charge in [0.25, 0.3) is 5.91 Å². The Kier molecular flexibility index (Phi) is 3.06. The molecular formula is C13H16N4O. The normalized spacial score (nSPS) is 18.4. The van der Waals surface area contributed by atoms with Gasteiger partial charge in [-0.1, -0.05) is 30.3 Å². The molecule has 1 aliphatic rings. The number of rotatable bonds is 4. The third-order valence-corrected chi connectivity index (χ3v) is 3.08. The number of carbonyl (C=O) groups excluding carboxylic acids is 1. The first-order valence-corrected chi connectivity index (χ1v) is 5.72. The van der Waals surface area contributed by atoms with Crippen LogP contribution in [0.15, 0.2) is 47.1 Å². The zero-order valence-electron chi connectivity index (χ0n) is 9.97. The molecule has 0 bridgehead atoms. The highest BCUT2D eigenvalue weighted by molar-refractivity contribution is 6.19. The Morgan fingerprint density at radius 2 is 1.83 bits per heavy atom. The van der Waals surface area contributed by atoms with Gasteiger partial charge in [-0.05, 0) is 18.4 Å². The maximum absolute atomic E-state index is 11.1. The first-order chi connectivity index (χ1) is 8.59. The summed E-state index contributed by atoms with van der Waals surface area (Å²) in [6.07, 6.45) is 2.92. The number of nitrogens with zero attached hydrogens (tertiary/aromatic N) is 1. The molecule has 1 aliphatic carbocycles. The number of primary amides is 1. The first kappa shape index (κ1) is 12.2. The molecule has 18 heavy (non-hydrogen) atoms. The van der Waals surface area contributed by atoms with Crippen LogP contribution in [0.25, 0.3) is 0 Å². The Morgan fingerprint density at radius 3 is 2.28 bits per heavy atom. The van der Waals surface area contributed by atoms with E-state index >= 15 is 0 Å². The molecule has 0 spiro atoms. The van der Waals surface area contributed by atoms with Crippen LogP contribution in [-0.2, 0) is 10.3 Å². The lowest BCUT2D eigenvalue weighted by Crippen LogP contribution is -2.29. The highest BCUT2D eigenvalue weighted by Crippen LogP contribution is 2.49. The van der Waals surface area contributed by atoms with Crippen LogP contribution in [0.5, 0.6) is 0 Å². The standard InChI is InChI=1S/C13H16N4O/c14-8-10(12(16)18)11(15)17-13(6-7-13)9-4-2-1-3-5-9/h1-5,8H,6-7,14H2,(H2,15,17)(H2,16,18). The lowest BCUT2D eigenvalue weighted by molar-refractivity contribution is -0.114. The second-order valence-electron chi connectivity index (χ2n) is 4.34. The number of aliphatic imine (C=N–C) groups is 1. The summed E-state index contributed by atoms with van der Waals surface area (Å²) in [4.78, 5) is 15.6. The van der Waals surface area contributed by atoms with Crippen molar-refractivity contribution >= 4 is 11.7 Å². The van der Waals surface area contributed by atoms with E-state index < -0.39 is 5.91 Å². The zero-order chi connectivity index (χ0) is 13.2. The minimum atomic E-state index is -0.664. The fraction of sp³-hybridized carbons (Fsp3) is 0.231. The summed E-state index contributed by atoms with van der Waals surface area (Å²) in [6, 6.07) is 9.85. The van der Waals surface area contributed by atoms with Crippen LogP contribution < -0.4 is 17.2 Å². The van der Waals surface area contributed by atoms with E-state index in [2.05, 4.69) is 4.99 Å². The maximum atomic E-state index is 11.1. The van der Waals surface area contributed by atoms with Gasteiger partial charge in [0, 0.05) is 6.20 Å². The fourth-order valence-electron chi connectivity index (χ4n) is 1.92. The van der Waals surface area contributed by atoms with Gasteiger partial charge >= 0.3 is 0 Å². The van der Waals surface area contributed by atoms with Crippen molar-refractivity contribution in [2.75, 3.05) is 0 Å². The van der Waals surface area contributed by atoms with E-state index in [4.69, 9.17) is 17.2 Å². The number of hydrogen-bond donors (Lipinski definition) is 3. The first-order valence-electron chi connectivity index (χ1n) is 5.72. The Balaban J connectivity index is 2.31. The highest BCUT2D eigenvalue weighted by atomic mass is 16.1. The third-order valence-electron chi connectivity index (χ3n) is 3.08. The van der Waals surface area contributed by atoms with Crippen LogP contribution >= 0.6 is 0 Å². The maximum Gasteiger partial charge on any atom is 0.253 e. The number of carbonyl (C=O) groups is 1. The highest BCUT2D eigenvalue weighted by Gasteiger charge is 2.44. The Bertz CT molecular complexity index is 515. The van der Waals surface area contributed by atoms with E-state index in [9.17, 15) is 4.79 Å². The average molecular weight is 244 g/mol. The quantitative estimate of drug-likeness (QED) is 0.404. The van der Waals surface area contributed by atoms with Crippen LogP contribution in [0.3, 0.4) is 0 Å². The van der Waals surface area contributed by atoms with Gasteiger partial charge in [-0.2, -0.15) is 0 Å². The van der Waals surface area contributed by atoms with Gasteiger partial charge in [-0.15, -0.1) is 0 Å². The van der Waals surface area contributed by atoms with Gasteiger partial charge in [0.15, 0.2) is 0 Å². The predicted molar refractivity (Wildman–Crippen MR) is 70.4 cm³/mol. The van der Waals surface area contributed by atoms with Crippen molar-refractivity contribution in [2.45, 2.75) is 18.4 Å². The van der Waals surface area contributed by atoms with Gasteiger partial charge < -0.3 is 17.2 Å². The summed E-state index contributed by atoms with van der Waals surface area (Å²) in [5, 5.41) is 0. The van der Waals surface area contributed by atoms with E-state index in [1.54, 1.807) is 0 Å². The van der Waals surface area contributed by atoms with Crippen molar-refractivity contribution in [3.8, 4) is 0 Å². The van der Waals surface area contributed by atoms with E-state index in [1.165, 1.54) is 0 Å². The summed E-state index contributed by atoms with van der Waals surface area (Å²) in [5.74, 6) is -0.561. The summed E-state index contributed by atoms with van der Waals surface area (Å²) in [7, 11) is 0. The number of hydrogen-bond acceptors (Lipinski definition) is 3. The van der Waals surface area contributed by atoms with E-state index in [1.807, 2.05) is 30.3 Å². The molecule has 6 N–H and O–H groups in total. The second-order valence-corrected chi connectivity index (χ2v) is 4.34. The lowest BCUT2D eigenvalue weighted by Gasteiger charge is -2.12. The van der Waals surface area contributed by atoms with E-state index in [-0.39, 0.29) is 16.9 Å². The van der Waals surface area contributed by atoms with Crippen molar-refractivity contribution in [1.82, 2.24) is 0 Å². The Morgan fingerprint density at radius 1 is 1.22 bits per heavy atom. The van der Waals surface area contributed by atoms with Crippen molar-refractivity contribution in [2.24, 2.45) is 22.2 Å². The number of nitrogens with two attached hydrogens (primary N) is 3. The van der Waals surface area contributed by atoms with Crippen molar-refractivity contribution in [3.63, 3.8) is 0 Å². The van der Waals surface area contributed by atoms with Gasteiger partial charge in [-0.25, -0.2) is 0 Å². The minimum Gasteiger partial charge on any atom is -0.404 e. The van der Waals surface area contributed by atoms with Crippen LogP contribution in [-0.4, -0.2) is 11.7 Å². The third kappa shape index (κ3) is 2.20. The molecule has 5 nitrogen and oxygen atoms in total. The molecule has 0 atom stereocenters. The molecule has 0 radical (unpaired) electrons. The van der Waals surface area contributed by atoms with Crippen LogP contribution in [0.1, 0.15) is 18.4 Å². The Hall–Kier alpha value is -2.30. The van der Waals surface area contributed by atoms with Gasteiger partial charge in [-0.3, -0.25) is 9.79 Å². The molecule has 1 aromatic rings. The van der Waals surface area contributed by atoms with Gasteiger partial charge in [0.2, 0.25) is 0 Å². The summed E-state index contributed by atoms with van der Waals surface area (Å²) < 4.78 is 0. The molecule has 1 amide bonds. The number of benzene rings is 1. The SMILES string of the molecule is NC=C(C(N)=O)C(N)=NC1(c2ccccc2)CC1. The number of amides is 1. The Labute approximate surface area is 105 Å². The summed E-state index contributed by atoms with van der Waals surface area (Å²) in [5.41, 5.74) is 17.1. The molecule has 0 saturated heterocycles. The average Bonchev–Trinajstić information content (AvgIpc) is 3.11. The van der Waals surface area contributed by atoms with Gasteiger partial charge in [0.05, 0.1) is 11.1 Å². The smallest absolute Gasteiger partial charge is 0.253 e. The van der Waals surface area contributed by atoms with Crippen molar-refractivity contribution in [3.05, 3.63) is 47.7 Å². The van der Waals surface area contributed by atoms with Gasteiger partial charge in [0.1, 0.15) is 5.84 Å². The van der Waals surface area contributed by atoms with Crippen molar-refractivity contribution < 1.29 is 4.79 Å². The molecule has 0 unspecified atom stereocenters. The molecule has 5 heteroatoms. The molecule has 0 heterocycles. The molecular weight excluding hydrogens is 228 g/mol. The molecule has 1 aromatic carbocycles. The summed E-state index contributed by atoms with van der Waals surface area (Å²) >= 11 is 0. The monoisotopic (exact) mass is 244 g/mol. The fourth-order valence-corrected chi connectivity index (χ4v) is 1.92. The van der Waals surface area contributed by atoms with E-state index in [0.717, 1.165) is 24.6 Å². The van der Waals surface area contributed by atoms with Crippen LogP contribution in [0.4, 0.5) is 0 Å². The molecule has 0 aliphatic heterocycles. The molecule has 1 saturated carbocycles. The van der Waals surface area contributed by atoms with Crippen LogP contribution in [0, 0.1) is 0 Å². The lowest BCUT2D eigenvalue weighted by atomic mass is 10.1. The predicted octanol–water partition coefficient (Wildman–Crippen LogP) is 0.361. The minimum absolute atomic E-state index is 0.0669. The summed E-state index contributed by atoms with van der Waals surface area (Å²) in [6.45, 7) is 0. The molecule has 2 rings (SSSR count).